The molecule has 1 heterocycles. The third-order valence-electron chi connectivity index (χ3n) is 1.05. The van der Waals surface area contributed by atoms with E-state index in [0.717, 1.165) is 5.56 Å². The van der Waals surface area contributed by atoms with Crippen LogP contribution in [-0.4, -0.2) is 10.6 Å². The molecule has 0 N–H and O–H groups in total. The van der Waals surface area contributed by atoms with Crippen molar-refractivity contribution in [3.8, 4) is 5.40 Å². The Morgan fingerprint density at radius 1 is 1.77 bits per heavy atom. The van der Waals surface area contributed by atoms with Gasteiger partial charge in [-0.15, -0.1) is 0 Å². The van der Waals surface area contributed by atoms with Crippen LogP contribution in [0.15, 0.2) is 18.3 Å². The van der Waals surface area contributed by atoms with Crippen molar-refractivity contribution in [2.45, 2.75) is 6.92 Å². The summed E-state index contributed by atoms with van der Waals surface area (Å²) in [6, 6.07) is 3.79. The van der Waals surface area contributed by atoms with Crippen LogP contribution in [0.2, 0.25) is 5.15 Å². The van der Waals surface area contributed by atoms with Gasteiger partial charge in [-0.05, 0) is 18.6 Å². The molecule has 1 aromatic rings. The van der Waals surface area contributed by atoms with Crippen molar-refractivity contribution in [1.29, 1.82) is 5.26 Å². The molecule has 0 aliphatic carbocycles. The van der Waals surface area contributed by atoms with Gasteiger partial charge < -0.3 is 0 Å². The molecular formula is C8H7ClN2OS. The van der Waals surface area contributed by atoms with E-state index in [-0.39, 0.29) is 0 Å². The lowest BCUT2D eigenvalue weighted by molar-refractivity contribution is 0.570. The second kappa shape index (κ2) is 7.59. The van der Waals surface area contributed by atoms with Crippen LogP contribution >= 0.6 is 23.4 Å². The van der Waals surface area contributed by atoms with Gasteiger partial charge in [0.25, 0.3) is 0 Å². The fourth-order valence-corrected chi connectivity index (χ4v) is 0.650. The quantitative estimate of drug-likeness (QED) is 0.409. The fraction of sp³-hybridized carbons (Fsp3) is 0.125. The molecule has 1 aromatic heterocycles. The summed E-state index contributed by atoms with van der Waals surface area (Å²) >= 11 is 6.19. The molecule has 0 aromatic carbocycles. The zero-order valence-corrected chi connectivity index (χ0v) is 8.47. The van der Waals surface area contributed by atoms with Crippen LogP contribution in [0.3, 0.4) is 0 Å². The van der Waals surface area contributed by atoms with Gasteiger partial charge in [0.1, 0.15) is 10.6 Å². The SMILES string of the molecule is Cc1cccnc1Cl.N#CSC=O. The van der Waals surface area contributed by atoms with Crippen LogP contribution in [0.4, 0.5) is 0 Å². The molecule has 0 saturated carbocycles. The Labute approximate surface area is 85.7 Å². The highest BCUT2D eigenvalue weighted by molar-refractivity contribution is 8.15. The Morgan fingerprint density at radius 3 is 2.69 bits per heavy atom. The lowest BCUT2D eigenvalue weighted by Crippen LogP contribution is -1.75. The Hall–Kier alpha value is -1.05. The third-order valence-corrected chi connectivity index (χ3v) is 1.64. The van der Waals surface area contributed by atoms with Gasteiger partial charge in [-0.3, -0.25) is 4.79 Å². The van der Waals surface area contributed by atoms with E-state index in [9.17, 15) is 0 Å². The second-order valence-corrected chi connectivity index (χ2v) is 2.89. The molecule has 0 saturated heterocycles. The van der Waals surface area contributed by atoms with Crippen LogP contribution in [0.25, 0.3) is 0 Å². The highest BCUT2D eigenvalue weighted by Crippen LogP contribution is 2.07. The predicted molar refractivity (Wildman–Crippen MR) is 53.9 cm³/mol. The highest BCUT2D eigenvalue weighted by atomic mass is 35.5. The average Bonchev–Trinajstić information content (AvgIpc) is 2.13. The van der Waals surface area contributed by atoms with Gasteiger partial charge in [0.15, 0.2) is 5.62 Å². The van der Waals surface area contributed by atoms with Crippen LogP contribution in [0.5, 0.6) is 0 Å². The van der Waals surface area contributed by atoms with E-state index in [1.165, 1.54) is 0 Å². The molecule has 13 heavy (non-hydrogen) atoms. The number of hydrogen-bond donors (Lipinski definition) is 0. The first-order valence-corrected chi connectivity index (χ1v) is 4.53. The number of hydrogen-bond acceptors (Lipinski definition) is 4. The molecule has 3 nitrogen and oxygen atoms in total. The minimum Gasteiger partial charge on any atom is -0.290 e. The molecule has 0 fully saturated rings. The fourth-order valence-electron chi connectivity index (χ4n) is 0.488. The number of nitriles is 1. The Bertz CT molecular complexity index is 290. The Kier molecular flexibility index (Phi) is 6.98. The minimum absolute atomic E-state index is 0.486. The minimum atomic E-state index is 0.486. The van der Waals surface area contributed by atoms with Gasteiger partial charge in [0.2, 0.25) is 0 Å². The summed E-state index contributed by atoms with van der Waals surface area (Å²) in [7, 11) is 0. The maximum absolute atomic E-state index is 9.15. The number of pyridine rings is 1. The van der Waals surface area contributed by atoms with Gasteiger partial charge >= 0.3 is 0 Å². The van der Waals surface area contributed by atoms with E-state index in [2.05, 4.69) is 4.98 Å². The van der Waals surface area contributed by atoms with Gasteiger partial charge in [0, 0.05) is 18.0 Å². The van der Waals surface area contributed by atoms with E-state index in [1.807, 2.05) is 19.1 Å². The number of halogens is 1. The lowest BCUT2D eigenvalue weighted by atomic mass is 10.3. The molecule has 0 radical (unpaired) electrons. The van der Waals surface area contributed by atoms with E-state index in [0.29, 0.717) is 22.5 Å². The van der Waals surface area contributed by atoms with E-state index in [1.54, 1.807) is 11.6 Å². The van der Waals surface area contributed by atoms with Crippen LogP contribution < -0.4 is 0 Å². The van der Waals surface area contributed by atoms with Crippen LogP contribution in [-0.2, 0) is 4.79 Å². The van der Waals surface area contributed by atoms with Gasteiger partial charge in [-0.1, -0.05) is 17.7 Å². The second-order valence-electron chi connectivity index (χ2n) is 1.92. The molecule has 0 amide bonds. The Morgan fingerprint density at radius 2 is 2.46 bits per heavy atom. The van der Waals surface area contributed by atoms with Crippen molar-refractivity contribution < 1.29 is 4.79 Å². The number of aromatic nitrogens is 1. The number of carbonyl (C=O) groups is 1. The van der Waals surface area contributed by atoms with Crippen LogP contribution in [0.1, 0.15) is 5.56 Å². The van der Waals surface area contributed by atoms with Gasteiger partial charge in [-0.25, -0.2) is 4.98 Å². The van der Waals surface area contributed by atoms with Crippen molar-refractivity contribution >= 4 is 29.0 Å². The summed E-state index contributed by atoms with van der Waals surface area (Å²) in [5.74, 6) is 0. The third kappa shape index (κ3) is 6.14. The predicted octanol–water partition coefficient (Wildman–Crippen LogP) is 2.43. The number of aryl methyl sites for hydroxylation is 1. The van der Waals surface area contributed by atoms with Crippen molar-refractivity contribution in [3.05, 3.63) is 29.0 Å². The molecule has 5 heteroatoms. The molecule has 1 rings (SSSR count). The number of rotatable bonds is 1. The summed E-state index contributed by atoms with van der Waals surface area (Å²) in [6.07, 6.45) is 1.68. The van der Waals surface area contributed by atoms with E-state index >= 15 is 0 Å². The first kappa shape index (κ1) is 11.9. The van der Waals surface area contributed by atoms with Gasteiger partial charge in [0.05, 0.1) is 0 Å². The van der Waals surface area contributed by atoms with E-state index < -0.39 is 0 Å². The van der Waals surface area contributed by atoms with Crippen LogP contribution in [0, 0.1) is 17.6 Å². The standard InChI is InChI=1S/C6H6ClN.C2HNOS/c1-5-3-2-4-8-6(5)7;3-1-5-2-4/h2-4H,1H3;2H. The zero-order valence-electron chi connectivity index (χ0n) is 6.90. The van der Waals surface area contributed by atoms with Crippen molar-refractivity contribution in [2.24, 2.45) is 0 Å². The first-order valence-electron chi connectivity index (χ1n) is 3.28. The number of nitrogens with zero attached hydrogens (tertiary/aromatic N) is 2. The summed E-state index contributed by atoms with van der Waals surface area (Å²) in [6.45, 7) is 1.93. The number of thioether (sulfide) groups is 1. The molecule has 0 aliphatic rings. The van der Waals surface area contributed by atoms with E-state index in [4.69, 9.17) is 21.7 Å². The maximum atomic E-state index is 9.15. The van der Waals surface area contributed by atoms with Crippen molar-refractivity contribution in [1.82, 2.24) is 4.98 Å². The monoisotopic (exact) mass is 214 g/mol. The molecule has 0 atom stereocenters. The molecule has 68 valence electrons. The lowest BCUT2D eigenvalue weighted by Gasteiger charge is -1.89. The normalized spacial score (nSPS) is 7.77. The highest BCUT2D eigenvalue weighted by Gasteiger charge is 1.88. The largest absolute Gasteiger partial charge is 0.290 e. The smallest absolute Gasteiger partial charge is 0.190 e. The van der Waals surface area contributed by atoms with Crippen molar-refractivity contribution in [3.63, 3.8) is 0 Å². The topological polar surface area (TPSA) is 53.8 Å². The summed E-state index contributed by atoms with van der Waals surface area (Å²) < 4.78 is 0. The van der Waals surface area contributed by atoms with Crippen molar-refractivity contribution in [2.75, 3.05) is 0 Å². The zero-order chi connectivity index (χ0) is 10.1. The maximum Gasteiger partial charge on any atom is 0.190 e. The molecular weight excluding hydrogens is 208 g/mol. The first-order chi connectivity index (χ1) is 6.22. The molecule has 0 aliphatic heterocycles. The summed E-state index contributed by atoms with van der Waals surface area (Å²) in [5, 5.41) is 9.70. The molecule has 0 bridgehead atoms. The number of thiocyanates is 1. The molecule has 0 unspecified atom stereocenters. The summed E-state index contributed by atoms with van der Waals surface area (Å²) in [4.78, 5) is 13.0. The number of carbonyl (C=O) groups excluding carboxylic acids is 1. The van der Waals surface area contributed by atoms with Gasteiger partial charge in [-0.2, -0.15) is 5.26 Å². The molecule has 0 spiro atoms. The average molecular weight is 215 g/mol. The Balaban J connectivity index is 0.000000252. The summed E-state index contributed by atoms with van der Waals surface area (Å²) in [5.41, 5.74) is 1.51.